The Balaban J connectivity index is 1.53. The van der Waals surface area contributed by atoms with E-state index in [1.54, 1.807) is 24.3 Å². The number of esters is 1. The molecule has 0 aliphatic carbocycles. The van der Waals surface area contributed by atoms with Crippen LogP contribution in [-0.4, -0.2) is 29.6 Å². The number of nitro groups is 1. The van der Waals surface area contributed by atoms with Gasteiger partial charge in [-0.05, 0) is 59.2 Å². The van der Waals surface area contributed by atoms with Crippen molar-refractivity contribution >= 4 is 23.8 Å². The van der Waals surface area contributed by atoms with Gasteiger partial charge in [-0.3, -0.25) is 14.9 Å². The third kappa shape index (κ3) is 8.77. The molecule has 0 aromatic heterocycles. The minimum Gasteiger partial charge on any atom is -0.484 e. The molecule has 0 aliphatic heterocycles. The Morgan fingerprint density at radius 3 is 2.21 bits per heavy atom. The van der Waals surface area contributed by atoms with Crippen LogP contribution >= 0.6 is 0 Å². The molecule has 0 saturated heterocycles. The summed E-state index contributed by atoms with van der Waals surface area (Å²) in [6.45, 7) is 10.9. The molecule has 0 atom stereocenters. The number of ether oxygens (including phenoxy) is 2. The molecular formula is C30H33N3O6. The van der Waals surface area contributed by atoms with Crippen LogP contribution in [0.3, 0.4) is 0 Å². The average molecular weight is 532 g/mol. The van der Waals surface area contributed by atoms with E-state index in [1.165, 1.54) is 36.0 Å². The van der Waals surface area contributed by atoms with Crippen LogP contribution in [0.25, 0.3) is 0 Å². The number of benzene rings is 3. The molecule has 39 heavy (non-hydrogen) atoms. The molecule has 0 saturated carbocycles. The average Bonchev–Trinajstić information content (AvgIpc) is 2.87. The van der Waals surface area contributed by atoms with E-state index in [9.17, 15) is 19.7 Å². The first kappa shape index (κ1) is 29.0. The molecule has 0 fully saturated rings. The molecule has 0 unspecified atom stereocenters. The van der Waals surface area contributed by atoms with Crippen molar-refractivity contribution in [1.82, 2.24) is 5.43 Å². The molecule has 0 bridgehead atoms. The molecule has 0 heterocycles. The van der Waals surface area contributed by atoms with Crippen molar-refractivity contribution in [2.24, 2.45) is 10.5 Å². The van der Waals surface area contributed by atoms with Gasteiger partial charge < -0.3 is 9.47 Å². The molecular weight excluding hydrogens is 498 g/mol. The summed E-state index contributed by atoms with van der Waals surface area (Å²) in [5.74, 6) is -0.350. The molecule has 3 aromatic carbocycles. The van der Waals surface area contributed by atoms with Crippen LogP contribution < -0.4 is 14.9 Å². The zero-order valence-electron chi connectivity index (χ0n) is 22.8. The smallest absolute Gasteiger partial charge is 0.343 e. The zero-order valence-corrected chi connectivity index (χ0v) is 22.8. The van der Waals surface area contributed by atoms with Gasteiger partial charge >= 0.3 is 5.97 Å². The Bertz CT molecular complexity index is 1340. The summed E-state index contributed by atoms with van der Waals surface area (Å²) in [6, 6.07) is 19.5. The molecule has 0 aliphatic rings. The fraction of sp³-hybridized carbons (Fsp3) is 0.300. The van der Waals surface area contributed by atoms with E-state index >= 15 is 0 Å². The van der Waals surface area contributed by atoms with Gasteiger partial charge in [0.05, 0.1) is 16.7 Å². The van der Waals surface area contributed by atoms with E-state index in [0.29, 0.717) is 11.3 Å². The molecule has 204 valence electrons. The lowest BCUT2D eigenvalue weighted by atomic mass is 9.72. The molecule has 0 radical (unpaired) electrons. The lowest BCUT2D eigenvalue weighted by Crippen LogP contribution is -2.25. The summed E-state index contributed by atoms with van der Waals surface area (Å²) < 4.78 is 11.0. The van der Waals surface area contributed by atoms with Crippen LogP contribution in [-0.2, 0) is 10.2 Å². The summed E-state index contributed by atoms with van der Waals surface area (Å²) in [6.07, 6.45) is 2.38. The SMILES string of the molecule is CC(C)(C)CC(C)(C)c1ccc(OCC(=O)N/N=C/c2ccccc2OC(=O)c2ccc([N+](=O)[O-])cc2)cc1. The highest BCUT2D eigenvalue weighted by Gasteiger charge is 2.27. The zero-order chi connectivity index (χ0) is 28.6. The monoisotopic (exact) mass is 531 g/mol. The lowest BCUT2D eigenvalue weighted by Gasteiger charge is -2.33. The minimum atomic E-state index is -0.684. The third-order valence-corrected chi connectivity index (χ3v) is 5.81. The van der Waals surface area contributed by atoms with Gasteiger partial charge in [-0.15, -0.1) is 0 Å². The van der Waals surface area contributed by atoms with E-state index < -0.39 is 16.8 Å². The number of nitrogens with zero attached hydrogens (tertiary/aromatic N) is 2. The maximum Gasteiger partial charge on any atom is 0.343 e. The Morgan fingerprint density at radius 1 is 0.949 bits per heavy atom. The molecule has 3 rings (SSSR count). The second kappa shape index (κ2) is 12.3. The van der Waals surface area contributed by atoms with E-state index in [1.807, 2.05) is 24.3 Å². The maximum absolute atomic E-state index is 12.5. The third-order valence-electron chi connectivity index (χ3n) is 5.81. The fourth-order valence-corrected chi connectivity index (χ4v) is 4.34. The highest BCUT2D eigenvalue weighted by molar-refractivity contribution is 5.93. The first-order valence-electron chi connectivity index (χ1n) is 12.4. The van der Waals surface area contributed by atoms with E-state index in [4.69, 9.17) is 9.47 Å². The Kier molecular flexibility index (Phi) is 9.19. The number of rotatable bonds is 10. The van der Waals surface area contributed by atoms with E-state index in [-0.39, 0.29) is 34.4 Å². The highest BCUT2D eigenvalue weighted by Crippen LogP contribution is 2.36. The number of carbonyl (C=O) groups is 2. The largest absolute Gasteiger partial charge is 0.484 e. The van der Waals surface area contributed by atoms with Crippen LogP contribution in [0.5, 0.6) is 11.5 Å². The predicted molar refractivity (Wildman–Crippen MR) is 149 cm³/mol. The summed E-state index contributed by atoms with van der Waals surface area (Å²) in [5, 5.41) is 14.7. The van der Waals surface area contributed by atoms with Crippen molar-refractivity contribution < 1.29 is 24.0 Å². The Labute approximate surface area is 228 Å². The molecule has 1 N–H and O–H groups in total. The van der Waals surface area contributed by atoms with Crippen LogP contribution in [0.1, 0.15) is 62.5 Å². The molecule has 9 heteroatoms. The number of nitrogens with one attached hydrogen (secondary N) is 1. The summed E-state index contributed by atoms with van der Waals surface area (Å²) in [5.41, 5.74) is 4.28. The molecule has 0 spiro atoms. The number of hydrogen-bond donors (Lipinski definition) is 1. The summed E-state index contributed by atoms with van der Waals surface area (Å²) in [4.78, 5) is 34.9. The molecule has 1 amide bonds. The molecule has 3 aromatic rings. The number of hydrogen-bond acceptors (Lipinski definition) is 7. The number of carbonyl (C=O) groups excluding carboxylic acids is 2. The van der Waals surface area contributed by atoms with Gasteiger partial charge in [0, 0.05) is 17.7 Å². The Morgan fingerprint density at radius 2 is 1.59 bits per heavy atom. The van der Waals surface area contributed by atoms with Crippen molar-refractivity contribution in [2.45, 2.75) is 46.5 Å². The number of para-hydroxylation sites is 1. The second-order valence-corrected chi connectivity index (χ2v) is 11.0. The summed E-state index contributed by atoms with van der Waals surface area (Å²) >= 11 is 0. The quantitative estimate of drug-likeness (QED) is 0.112. The van der Waals surface area contributed by atoms with Crippen LogP contribution in [0.4, 0.5) is 5.69 Å². The van der Waals surface area contributed by atoms with Gasteiger partial charge in [0.2, 0.25) is 0 Å². The topological polar surface area (TPSA) is 120 Å². The van der Waals surface area contributed by atoms with Crippen molar-refractivity contribution in [3.63, 3.8) is 0 Å². The highest BCUT2D eigenvalue weighted by atomic mass is 16.6. The molecule has 9 nitrogen and oxygen atoms in total. The van der Waals surface area contributed by atoms with Crippen LogP contribution in [0.15, 0.2) is 77.9 Å². The maximum atomic E-state index is 12.5. The van der Waals surface area contributed by atoms with Gasteiger partial charge in [-0.25, -0.2) is 10.2 Å². The van der Waals surface area contributed by atoms with E-state index in [0.717, 1.165) is 6.42 Å². The van der Waals surface area contributed by atoms with Gasteiger partial charge in [-0.2, -0.15) is 5.10 Å². The number of hydrazone groups is 1. The Hall–Kier alpha value is -4.53. The minimum absolute atomic E-state index is 0.00926. The standard InChI is InChI=1S/C30H33N3O6/c1-29(2,3)20-30(4,5)23-12-16-25(17-13-23)38-19-27(34)32-31-18-22-8-6-7-9-26(22)39-28(35)21-10-14-24(15-11-21)33(36)37/h6-18H,19-20H2,1-5H3,(H,32,34)/b31-18+. The number of nitro benzene ring substituents is 1. The van der Waals surface area contributed by atoms with Gasteiger partial charge in [0.1, 0.15) is 11.5 Å². The van der Waals surface area contributed by atoms with Crippen LogP contribution in [0.2, 0.25) is 0 Å². The lowest BCUT2D eigenvalue weighted by molar-refractivity contribution is -0.384. The first-order chi connectivity index (χ1) is 18.3. The fourth-order valence-electron chi connectivity index (χ4n) is 4.34. The van der Waals surface area contributed by atoms with E-state index in [2.05, 4.69) is 45.1 Å². The van der Waals surface area contributed by atoms with Gasteiger partial charge in [-0.1, -0.05) is 58.9 Å². The second-order valence-electron chi connectivity index (χ2n) is 11.0. The normalized spacial score (nSPS) is 11.7. The van der Waals surface area contributed by atoms with Crippen LogP contribution in [0, 0.1) is 15.5 Å². The van der Waals surface area contributed by atoms with Gasteiger partial charge in [0.25, 0.3) is 11.6 Å². The summed E-state index contributed by atoms with van der Waals surface area (Å²) in [7, 11) is 0. The predicted octanol–water partition coefficient (Wildman–Crippen LogP) is 6.06. The van der Waals surface area contributed by atoms with Crippen molar-refractivity contribution in [3.05, 3.63) is 99.6 Å². The van der Waals surface area contributed by atoms with Gasteiger partial charge in [0.15, 0.2) is 6.61 Å². The van der Waals surface area contributed by atoms with Crippen molar-refractivity contribution in [1.29, 1.82) is 0 Å². The first-order valence-corrected chi connectivity index (χ1v) is 12.4. The van der Waals surface area contributed by atoms with Crippen molar-refractivity contribution in [3.8, 4) is 11.5 Å². The number of non-ortho nitro benzene ring substituents is 1. The van der Waals surface area contributed by atoms with Crippen molar-refractivity contribution in [2.75, 3.05) is 6.61 Å². The number of amides is 1.